The zero-order valence-electron chi connectivity index (χ0n) is 9.20. The van der Waals surface area contributed by atoms with Crippen molar-refractivity contribution >= 4 is 5.97 Å². The Morgan fingerprint density at radius 1 is 1.22 bits per heavy atom. The highest BCUT2D eigenvalue weighted by Crippen LogP contribution is 2.38. The van der Waals surface area contributed by atoms with Gasteiger partial charge in [0.2, 0.25) is 6.17 Å². The van der Waals surface area contributed by atoms with Crippen LogP contribution in [0.4, 0.5) is 17.6 Å². The van der Waals surface area contributed by atoms with Crippen LogP contribution >= 0.6 is 0 Å². The average molecular weight is 266 g/mol. The molecule has 0 aliphatic heterocycles. The van der Waals surface area contributed by atoms with E-state index in [2.05, 4.69) is 0 Å². The van der Waals surface area contributed by atoms with Gasteiger partial charge in [0.15, 0.2) is 0 Å². The number of carbonyl (C=O) groups is 1. The second-order valence-electron chi connectivity index (χ2n) is 3.89. The molecule has 3 nitrogen and oxygen atoms in total. The first kappa shape index (κ1) is 14.4. The third kappa shape index (κ3) is 2.61. The zero-order valence-corrected chi connectivity index (χ0v) is 9.20. The van der Waals surface area contributed by atoms with Crippen molar-refractivity contribution in [1.29, 1.82) is 0 Å². The average Bonchev–Trinajstić information content (AvgIpc) is 2.26. The lowest BCUT2D eigenvalue weighted by atomic mass is 9.87. The highest BCUT2D eigenvalue weighted by Gasteiger charge is 2.45. The maximum atomic E-state index is 13.3. The van der Waals surface area contributed by atoms with Crippen LogP contribution in [0, 0.1) is 0 Å². The predicted octanol–water partition coefficient (Wildman–Crippen LogP) is 2.34. The summed E-state index contributed by atoms with van der Waals surface area (Å²) in [5.74, 6) is -2.03. The summed E-state index contributed by atoms with van der Waals surface area (Å²) in [6, 6.07) is 3.72. The Balaban J connectivity index is 3.37. The molecular weight excluding hydrogens is 256 g/mol. The van der Waals surface area contributed by atoms with Crippen molar-refractivity contribution in [1.82, 2.24) is 0 Å². The van der Waals surface area contributed by atoms with Crippen molar-refractivity contribution in [2.24, 2.45) is 0 Å². The monoisotopic (exact) mass is 266 g/mol. The van der Waals surface area contributed by atoms with Gasteiger partial charge in [0.25, 0.3) is 0 Å². The van der Waals surface area contributed by atoms with Crippen molar-refractivity contribution in [3.05, 3.63) is 35.4 Å². The molecule has 0 heterocycles. The molecular formula is C11H10F4O3. The predicted molar refractivity (Wildman–Crippen MR) is 53.5 cm³/mol. The molecule has 100 valence electrons. The molecule has 2 N–H and O–H groups in total. The number of hydrogen-bond acceptors (Lipinski definition) is 2. The Hall–Kier alpha value is -1.63. The lowest BCUT2D eigenvalue weighted by molar-refractivity contribution is -0.157. The summed E-state index contributed by atoms with van der Waals surface area (Å²) in [5, 5.41) is 18.2. The van der Waals surface area contributed by atoms with E-state index in [4.69, 9.17) is 5.11 Å². The van der Waals surface area contributed by atoms with E-state index in [1.165, 1.54) is 0 Å². The van der Waals surface area contributed by atoms with Crippen molar-refractivity contribution < 1.29 is 32.6 Å². The number of hydrogen-bond donors (Lipinski definition) is 2. The van der Waals surface area contributed by atoms with Gasteiger partial charge >= 0.3 is 12.1 Å². The van der Waals surface area contributed by atoms with Crippen LogP contribution in [-0.2, 0) is 16.6 Å². The molecule has 0 saturated heterocycles. The van der Waals surface area contributed by atoms with Gasteiger partial charge in [-0.1, -0.05) is 18.2 Å². The molecule has 0 radical (unpaired) electrons. The standard InChI is InChI=1S/C11H10F4O3/c1-10(18,8(12)9(16)17)6-4-2-3-5-7(6)11(13,14)15/h2-5,8,18H,1H3,(H,16,17). The molecule has 2 unspecified atom stereocenters. The van der Waals surface area contributed by atoms with Crippen LogP contribution in [-0.4, -0.2) is 22.4 Å². The minimum absolute atomic E-state index is 0.651. The fraction of sp³-hybridized carbons (Fsp3) is 0.364. The largest absolute Gasteiger partial charge is 0.479 e. The quantitative estimate of drug-likeness (QED) is 0.825. The summed E-state index contributed by atoms with van der Waals surface area (Å²) in [7, 11) is 0. The number of aliphatic carboxylic acids is 1. The van der Waals surface area contributed by atoms with Gasteiger partial charge in [-0.2, -0.15) is 13.2 Å². The van der Waals surface area contributed by atoms with Crippen LogP contribution < -0.4 is 0 Å². The fourth-order valence-electron chi connectivity index (χ4n) is 1.55. The molecule has 0 bridgehead atoms. The van der Waals surface area contributed by atoms with Gasteiger partial charge in [-0.15, -0.1) is 0 Å². The summed E-state index contributed by atoms with van der Waals surface area (Å²) < 4.78 is 51.3. The van der Waals surface area contributed by atoms with Gasteiger partial charge in [-0.25, -0.2) is 9.18 Å². The minimum atomic E-state index is -4.81. The summed E-state index contributed by atoms with van der Waals surface area (Å²) in [4.78, 5) is 10.5. The van der Waals surface area contributed by atoms with Crippen molar-refractivity contribution in [2.45, 2.75) is 24.9 Å². The molecule has 1 rings (SSSR count). The first-order chi connectivity index (χ1) is 8.08. The fourth-order valence-corrected chi connectivity index (χ4v) is 1.55. The van der Waals surface area contributed by atoms with Crippen LogP contribution in [0.15, 0.2) is 24.3 Å². The Labute approximate surface area is 99.7 Å². The van der Waals surface area contributed by atoms with Crippen LogP contribution in [0.1, 0.15) is 18.1 Å². The normalized spacial score (nSPS) is 17.0. The molecule has 1 aromatic carbocycles. The van der Waals surface area contributed by atoms with E-state index in [1.54, 1.807) is 0 Å². The summed E-state index contributed by atoms with van der Waals surface area (Å²) in [6.07, 6.45) is -7.67. The Kier molecular flexibility index (Phi) is 3.66. The maximum Gasteiger partial charge on any atom is 0.416 e. The van der Waals surface area contributed by atoms with Crippen LogP contribution in [0.2, 0.25) is 0 Å². The van der Waals surface area contributed by atoms with Crippen molar-refractivity contribution in [3.63, 3.8) is 0 Å². The molecule has 0 aliphatic rings. The van der Waals surface area contributed by atoms with Gasteiger partial charge in [0.05, 0.1) is 5.56 Å². The lowest BCUT2D eigenvalue weighted by Gasteiger charge is -2.28. The smallest absolute Gasteiger partial charge is 0.416 e. The van der Waals surface area contributed by atoms with Crippen molar-refractivity contribution in [2.75, 3.05) is 0 Å². The third-order valence-electron chi connectivity index (χ3n) is 2.49. The zero-order chi connectivity index (χ0) is 14.1. The number of alkyl halides is 4. The molecule has 0 saturated carbocycles. The molecule has 7 heteroatoms. The van der Waals surface area contributed by atoms with E-state index in [9.17, 15) is 27.5 Å². The summed E-state index contributed by atoms with van der Waals surface area (Å²) in [5.41, 5.74) is -4.84. The maximum absolute atomic E-state index is 13.3. The molecule has 0 fully saturated rings. The molecule has 18 heavy (non-hydrogen) atoms. The van der Waals surface area contributed by atoms with E-state index in [0.717, 1.165) is 18.2 Å². The Bertz CT molecular complexity index is 454. The first-order valence-corrected chi connectivity index (χ1v) is 4.84. The molecule has 2 atom stereocenters. The Morgan fingerprint density at radius 3 is 2.06 bits per heavy atom. The second kappa shape index (κ2) is 4.56. The van der Waals surface area contributed by atoms with Gasteiger partial charge in [-0.3, -0.25) is 0 Å². The van der Waals surface area contributed by atoms with Gasteiger partial charge in [0, 0.05) is 0 Å². The number of halogens is 4. The van der Waals surface area contributed by atoms with Gasteiger partial charge < -0.3 is 10.2 Å². The second-order valence-corrected chi connectivity index (χ2v) is 3.89. The third-order valence-corrected chi connectivity index (χ3v) is 2.49. The minimum Gasteiger partial charge on any atom is -0.479 e. The van der Waals surface area contributed by atoms with E-state index >= 15 is 0 Å². The number of aliphatic hydroxyl groups is 1. The van der Waals surface area contributed by atoms with E-state index in [-0.39, 0.29) is 0 Å². The molecule has 0 amide bonds. The topological polar surface area (TPSA) is 57.5 Å². The molecule has 0 spiro atoms. The SMILES string of the molecule is CC(O)(c1ccccc1C(F)(F)F)C(F)C(=O)O. The number of carboxylic acids is 1. The van der Waals surface area contributed by atoms with Crippen LogP contribution in [0.25, 0.3) is 0 Å². The Morgan fingerprint density at radius 2 is 1.67 bits per heavy atom. The van der Waals surface area contributed by atoms with Gasteiger partial charge in [0.1, 0.15) is 5.60 Å². The first-order valence-electron chi connectivity index (χ1n) is 4.84. The number of carboxylic acid groups (broad SMARTS) is 1. The number of rotatable bonds is 3. The van der Waals surface area contributed by atoms with Crippen LogP contribution in [0.3, 0.4) is 0 Å². The summed E-state index contributed by atoms with van der Waals surface area (Å²) in [6.45, 7) is 0.691. The van der Waals surface area contributed by atoms with E-state index < -0.39 is 35.0 Å². The van der Waals surface area contributed by atoms with Crippen LogP contribution in [0.5, 0.6) is 0 Å². The molecule has 0 aliphatic carbocycles. The molecule has 0 aromatic heterocycles. The van der Waals surface area contributed by atoms with E-state index in [0.29, 0.717) is 13.0 Å². The summed E-state index contributed by atoms with van der Waals surface area (Å²) >= 11 is 0. The van der Waals surface area contributed by atoms with E-state index in [1.807, 2.05) is 0 Å². The highest BCUT2D eigenvalue weighted by molar-refractivity contribution is 5.74. The molecule has 1 aromatic rings. The highest BCUT2D eigenvalue weighted by atomic mass is 19.4. The lowest BCUT2D eigenvalue weighted by Crippen LogP contribution is -2.40. The van der Waals surface area contributed by atoms with Gasteiger partial charge in [-0.05, 0) is 18.6 Å². The van der Waals surface area contributed by atoms with Crippen molar-refractivity contribution in [3.8, 4) is 0 Å². The number of benzene rings is 1.